The number of nitrogens with one attached hydrogen (secondary N) is 1. The summed E-state index contributed by atoms with van der Waals surface area (Å²) in [6.45, 7) is 3.08. The Hall–Kier alpha value is -3.11. The zero-order valence-corrected chi connectivity index (χ0v) is 19.8. The summed E-state index contributed by atoms with van der Waals surface area (Å²) < 4.78 is 33.6. The number of carbonyl (C=O) groups excluding carboxylic acids is 1. The van der Waals surface area contributed by atoms with Gasteiger partial charge in [-0.1, -0.05) is 0 Å². The van der Waals surface area contributed by atoms with E-state index in [1.165, 1.54) is 21.0 Å². The molecular formula is C23H28N4O5S. The van der Waals surface area contributed by atoms with E-state index in [0.29, 0.717) is 24.3 Å². The highest BCUT2D eigenvalue weighted by Crippen LogP contribution is 2.25. The van der Waals surface area contributed by atoms with E-state index in [9.17, 15) is 18.0 Å². The predicted molar refractivity (Wildman–Crippen MR) is 127 cm³/mol. The van der Waals surface area contributed by atoms with E-state index in [4.69, 9.17) is 4.42 Å². The molecule has 3 aromatic rings. The van der Waals surface area contributed by atoms with Crippen molar-refractivity contribution in [1.82, 2.24) is 8.87 Å². The Labute approximate surface area is 192 Å². The van der Waals surface area contributed by atoms with Crippen LogP contribution in [0.3, 0.4) is 0 Å². The summed E-state index contributed by atoms with van der Waals surface area (Å²) in [5, 5.41) is 2.85. The van der Waals surface area contributed by atoms with E-state index in [2.05, 4.69) is 5.32 Å². The molecule has 1 N–H and O–H groups in total. The van der Waals surface area contributed by atoms with E-state index < -0.39 is 15.8 Å². The number of fused-ring (bicyclic) bond motifs is 1. The molecule has 1 amide bonds. The van der Waals surface area contributed by atoms with Gasteiger partial charge in [-0.25, -0.2) is 13.2 Å². The van der Waals surface area contributed by atoms with Gasteiger partial charge in [-0.05, 0) is 55.7 Å². The Kier molecular flexibility index (Phi) is 6.31. The Morgan fingerprint density at radius 1 is 1.12 bits per heavy atom. The third-order valence-corrected chi connectivity index (χ3v) is 7.76. The number of sulfonamides is 1. The van der Waals surface area contributed by atoms with Gasteiger partial charge in [-0.15, -0.1) is 0 Å². The standard InChI is InChI=1S/C23H28N4O5S/c1-16-14-17(6-8-19(16)25(2)3)24-22(28)10-13-27-20-9-7-18(15-21(20)32-23(27)29)33(30,31)26-11-4-5-12-26/h6-9,14-15H,4-5,10-13H2,1-3H3,(H,24,28). The van der Waals surface area contributed by atoms with Crippen molar-refractivity contribution in [1.29, 1.82) is 0 Å². The summed E-state index contributed by atoms with van der Waals surface area (Å²) in [5.74, 6) is -0.860. The molecule has 0 bridgehead atoms. The average Bonchev–Trinajstić information content (AvgIpc) is 3.39. The average molecular weight is 473 g/mol. The van der Waals surface area contributed by atoms with E-state index in [-0.39, 0.29) is 29.4 Å². The summed E-state index contributed by atoms with van der Waals surface area (Å²) in [6.07, 6.45) is 1.75. The number of hydrogen-bond acceptors (Lipinski definition) is 6. The predicted octanol–water partition coefficient (Wildman–Crippen LogP) is 2.78. The Morgan fingerprint density at radius 3 is 2.52 bits per heavy atom. The molecule has 0 aliphatic carbocycles. The number of rotatable bonds is 7. The summed E-state index contributed by atoms with van der Waals surface area (Å²) in [5.41, 5.74) is 3.43. The number of benzene rings is 2. The first kappa shape index (κ1) is 23.1. The number of carbonyl (C=O) groups is 1. The van der Waals surface area contributed by atoms with Crippen molar-refractivity contribution in [2.24, 2.45) is 0 Å². The minimum Gasteiger partial charge on any atom is -0.408 e. The molecule has 1 aliphatic rings. The van der Waals surface area contributed by atoms with Gasteiger partial charge in [0.05, 0.1) is 10.4 Å². The molecule has 1 fully saturated rings. The second-order valence-electron chi connectivity index (χ2n) is 8.45. The summed E-state index contributed by atoms with van der Waals surface area (Å²) in [4.78, 5) is 26.9. The molecule has 2 heterocycles. The van der Waals surface area contributed by atoms with Crippen LogP contribution in [0.5, 0.6) is 0 Å². The SMILES string of the molecule is Cc1cc(NC(=O)CCn2c(=O)oc3cc(S(=O)(=O)N4CCCC4)ccc32)ccc1N(C)C. The van der Waals surface area contributed by atoms with Crippen LogP contribution in [0, 0.1) is 6.92 Å². The van der Waals surface area contributed by atoms with E-state index in [1.54, 1.807) is 6.07 Å². The van der Waals surface area contributed by atoms with Crippen LogP contribution in [-0.4, -0.2) is 50.4 Å². The lowest BCUT2D eigenvalue weighted by atomic mass is 10.1. The van der Waals surface area contributed by atoms with Crippen molar-refractivity contribution < 1.29 is 17.6 Å². The monoisotopic (exact) mass is 472 g/mol. The molecule has 4 rings (SSSR count). The second-order valence-corrected chi connectivity index (χ2v) is 10.4. The van der Waals surface area contributed by atoms with Crippen molar-refractivity contribution in [3.63, 3.8) is 0 Å². The molecule has 9 nitrogen and oxygen atoms in total. The highest BCUT2D eigenvalue weighted by molar-refractivity contribution is 7.89. The van der Waals surface area contributed by atoms with Crippen LogP contribution in [0.4, 0.5) is 11.4 Å². The Bertz CT molecular complexity index is 1350. The van der Waals surface area contributed by atoms with Gasteiger partial charge in [-0.3, -0.25) is 9.36 Å². The molecule has 1 saturated heterocycles. The zero-order chi connectivity index (χ0) is 23.8. The molecule has 1 aliphatic heterocycles. The fourth-order valence-electron chi connectivity index (χ4n) is 4.17. The van der Waals surface area contributed by atoms with Gasteiger partial charge in [0.25, 0.3) is 0 Å². The molecule has 2 aromatic carbocycles. The van der Waals surface area contributed by atoms with Crippen LogP contribution in [0.25, 0.3) is 11.1 Å². The van der Waals surface area contributed by atoms with Crippen molar-refractivity contribution in [3.8, 4) is 0 Å². The molecule has 0 unspecified atom stereocenters. The number of aryl methyl sites for hydroxylation is 2. The number of nitrogens with zero attached hydrogens (tertiary/aromatic N) is 3. The van der Waals surface area contributed by atoms with Crippen LogP contribution in [-0.2, 0) is 21.4 Å². The van der Waals surface area contributed by atoms with E-state index >= 15 is 0 Å². The maximum Gasteiger partial charge on any atom is 0.419 e. The first-order chi connectivity index (χ1) is 15.7. The van der Waals surface area contributed by atoms with Crippen LogP contribution in [0.15, 0.2) is 50.5 Å². The molecule has 33 heavy (non-hydrogen) atoms. The molecule has 0 spiro atoms. The summed E-state index contributed by atoms with van der Waals surface area (Å²) in [7, 11) is 0.302. The summed E-state index contributed by atoms with van der Waals surface area (Å²) in [6, 6.07) is 10.1. The van der Waals surface area contributed by atoms with Crippen molar-refractivity contribution in [2.75, 3.05) is 37.4 Å². The number of amides is 1. The maximum absolute atomic E-state index is 12.8. The van der Waals surface area contributed by atoms with Crippen LogP contribution < -0.4 is 16.0 Å². The second kappa shape index (κ2) is 9.03. The van der Waals surface area contributed by atoms with E-state index in [0.717, 1.165) is 24.1 Å². The van der Waals surface area contributed by atoms with E-state index in [1.807, 2.05) is 44.1 Å². The van der Waals surface area contributed by atoms with Gasteiger partial charge in [0.15, 0.2) is 5.58 Å². The third kappa shape index (κ3) is 4.67. The third-order valence-electron chi connectivity index (χ3n) is 5.87. The van der Waals surface area contributed by atoms with Crippen molar-refractivity contribution in [2.45, 2.75) is 37.6 Å². The van der Waals surface area contributed by atoms with Crippen LogP contribution >= 0.6 is 0 Å². The van der Waals surface area contributed by atoms with Crippen molar-refractivity contribution in [3.05, 3.63) is 52.5 Å². The first-order valence-corrected chi connectivity index (χ1v) is 12.3. The fraction of sp³-hybridized carbons (Fsp3) is 0.391. The number of anilines is 2. The quantitative estimate of drug-likeness (QED) is 0.567. The Morgan fingerprint density at radius 2 is 1.85 bits per heavy atom. The lowest BCUT2D eigenvalue weighted by molar-refractivity contribution is -0.116. The molecule has 10 heteroatoms. The minimum absolute atomic E-state index is 0.0663. The van der Waals surface area contributed by atoms with Crippen molar-refractivity contribution >= 4 is 38.4 Å². The fourth-order valence-corrected chi connectivity index (χ4v) is 5.70. The van der Waals surface area contributed by atoms with Gasteiger partial charge in [0, 0.05) is 57.6 Å². The smallest absolute Gasteiger partial charge is 0.408 e. The number of hydrogen-bond donors (Lipinski definition) is 1. The summed E-state index contributed by atoms with van der Waals surface area (Å²) >= 11 is 0. The Balaban J connectivity index is 1.48. The minimum atomic E-state index is -3.61. The van der Waals surface area contributed by atoms with Crippen LogP contribution in [0.1, 0.15) is 24.8 Å². The highest BCUT2D eigenvalue weighted by atomic mass is 32.2. The topological polar surface area (TPSA) is 105 Å². The van der Waals surface area contributed by atoms with Gasteiger partial charge < -0.3 is 14.6 Å². The maximum atomic E-state index is 12.8. The van der Waals surface area contributed by atoms with Crippen LogP contribution in [0.2, 0.25) is 0 Å². The van der Waals surface area contributed by atoms with Gasteiger partial charge in [0.2, 0.25) is 15.9 Å². The lowest BCUT2D eigenvalue weighted by Crippen LogP contribution is -2.27. The first-order valence-electron chi connectivity index (χ1n) is 10.9. The normalized spacial score (nSPS) is 14.6. The highest BCUT2D eigenvalue weighted by Gasteiger charge is 2.28. The molecule has 0 radical (unpaired) electrons. The number of aromatic nitrogens is 1. The van der Waals surface area contributed by atoms with Gasteiger partial charge in [-0.2, -0.15) is 4.31 Å². The van der Waals surface area contributed by atoms with Gasteiger partial charge >= 0.3 is 5.76 Å². The molecule has 1 aromatic heterocycles. The molecule has 176 valence electrons. The number of oxazole rings is 1. The lowest BCUT2D eigenvalue weighted by Gasteiger charge is -2.16. The molecular weight excluding hydrogens is 444 g/mol. The largest absolute Gasteiger partial charge is 0.419 e. The molecule has 0 atom stereocenters. The van der Waals surface area contributed by atoms with Gasteiger partial charge in [0.1, 0.15) is 0 Å². The zero-order valence-electron chi connectivity index (χ0n) is 19.0. The molecule has 0 saturated carbocycles.